The molecular formula is C18H18BrN3O4. The van der Waals surface area contributed by atoms with Crippen LogP contribution in [0.4, 0.5) is 5.82 Å². The van der Waals surface area contributed by atoms with Crippen molar-refractivity contribution in [3.8, 4) is 5.69 Å². The number of nitrogens with zero attached hydrogens (tertiary/aromatic N) is 2. The number of carboxylic acid groups (broad SMARTS) is 2. The lowest BCUT2D eigenvalue weighted by Gasteiger charge is -2.27. The minimum absolute atomic E-state index is 0.00521. The standard InChI is InChI=1S/C9H9BrO4.C9H9N3/c1-9(8(13)14)4-5(7(11)12)2-3-6(9)10;10-9-6-7-11-12(9)8-4-2-1-3-5-8/h2-3H,4H2,1H3,(H,11,12)(H,13,14);1-7H,10H2. The normalized spacial score (nSPS) is 18.8. The maximum atomic E-state index is 11.0. The van der Waals surface area contributed by atoms with Gasteiger partial charge >= 0.3 is 11.9 Å². The van der Waals surface area contributed by atoms with Crippen LogP contribution in [0, 0.1) is 5.41 Å². The van der Waals surface area contributed by atoms with Crippen LogP contribution in [0.1, 0.15) is 13.3 Å². The van der Waals surface area contributed by atoms with Crippen molar-refractivity contribution in [3.05, 3.63) is 64.8 Å². The molecule has 2 aromatic rings. The van der Waals surface area contributed by atoms with Gasteiger partial charge in [0.15, 0.2) is 0 Å². The summed E-state index contributed by atoms with van der Waals surface area (Å²) in [6.45, 7) is 1.49. The SMILES string of the molecule is CC1(C(=O)O)CC(C(=O)O)=CC=C1Br.Nc1ccnn1-c1ccccc1. The quantitative estimate of drug-likeness (QED) is 0.702. The highest BCUT2D eigenvalue weighted by molar-refractivity contribution is 9.11. The average Bonchev–Trinajstić information content (AvgIpc) is 3.04. The number of allylic oxidation sites excluding steroid dienone is 2. The van der Waals surface area contributed by atoms with Crippen LogP contribution in [-0.4, -0.2) is 31.9 Å². The number of aromatic nitrogens is 2. The second-order valence-corrected chi connectivity index (χ2v) is 6.68. The zero-order valence-corrected chi connectivity index (χ0v) is 15.5. The van der Waals surface area contributed by atoms with Crippen molar-refractivity contribution in [2.75, 3.05) is 5.73 Å². The lowest BCUT2D eigenvalue weighted by molar-refractivity contribution is -0.145. The van der Waals surface area contributed by atoms with E-state index < -0.39 is 17.4 Å². The Morgan fingerprint density at radius 2 is 1.85 bits per heavy atom. The first-order chi connectivity index (χ1) is 12.3. The van der Waals surface area contributed by atoms with Crippen molar-refractivity contribution < 1.29 is 19.8 Å². The minimum Gasteiger partial charge on any atom is -0.481 e. The first-order valence-electron chi connectivity index (χ1n) is 7.64. The maximum Gasteiger partial charge on any atom is 0.331 e. The van der Waals surface area contributed by atoms with Gasteiger partial charge in [0.05, 0.1) is 11.9 Å². The van der Waals surface area contributed by atoms with Gasteiger partial charge in [0.1, 0.15) is 11.2 Å². The van der Waals surface area contributed by atoms with Crippen LogP contribution in [0.2, 0.25) is 0 Å². The van der Waals surface area contributed by atoms with E-state index in [1.807, 2.05) is 30.3 Å². The number of nitrogen functional groups attached to an aromatic ring is 1. The first-order valence-corrected chi connectivity index (χ1v) is 8.43. The second-order valence-electron chi connectivity index (χ2n) is 5.83. The van der Waals surface area contributed by atoms with E-state index in [-0.39, 0.29) is 12.0 Å². The highest BCUT2D eigenvalue weighted by Gasteiger charge is 2.39. The summed E-state index contributed by atoms with van der Waals surface area (Å²) in [6.07, 6.45) is 4.56. The van der Waals surface area contributed by atoms with E-state index in [9.17, 15) is 9.59 Å². The molecule has 1 aromatic carbocycles. The number of carbonyl (C=O) groups is 2. The molecule has 0 radical (unpaired) electrons. The van der Waals surface area contributed by atoms with Gasteiger partial charge in [-0.05, 0) is 25.5 Å². The van der Waals surface area contributed by atoms with Crippen LogP contribution in [0.5, 0.6) is 0 Å². The van der Waals surface area contributed by atoms with E-state index in [0.717, 1.165) is 5.69 Å². The number of para-hydroxylation sites is 1. The number of hydrogen-bond donors (Lipinski definition) is 3. The van der Waals surface area contributed by atoms with Crippen molar-refractivity contribution in [1.29, 1.82) is 0 Å². The summed E-state index contributed by atoms with van der Waals surface area (Å²) in [6, 6.07) is 11.6. The molecule has 8 heteroatoms. The van der Waals surface area contributed by atoms with Gasteiger partial charge in [-0.15, -0.1) is 0 Å². The van der Waals surface area contributed by atoms with E-state index in [4.69, 9.17) is 15.9 Å². The Kier molecular flexibility index (Phi) is 5.99. The zero-order valence-electron chi connectivity index (χ0n) is 14.0. The van der Waals surface area contributed by atoms with Crippen molar-refractivity contribution in [2.45, 2.75) is 13.3 Å². The minimum atomic E-state index is -1.16. The van der Waals surface area contributed by atoms with Gasteiger partial charge < -0.3 is 15.9 Å². The molecule has 0 saturated heterocycles. The Balaban J connectivity index is 0.000000189. The van der Waals surface area contributed by atoms with E-state index in [1.165, 1.54) is 19.1 Å². The summed E-state index contributed by atoms with van der Waals surface area (Å²) in [5.74, 6) is -1.46. The highest BCUT2D eigenvalue weighted by atomic mass is 79.9. The first kappa shape index (κ1) is 19.5. The molecule has 1 unspecified atom stereocenters. The van der Waals surface area contributed by atoms with Crippen LogP contribution in [0.15, 0.2) is 64.8 Å². The third-order valence-corrected chi connectivity index (χ3v) is 5.06. The predicted molar refractivity (Wildman–Crippen MR) is 101 cm³/mol. The molecule has 7 nitrogen and oxygen atoms in total. The molecule has 0 amide bonds. The van der Waals surface area contributed by atoms with E-state index in [2.05, 4.69) is 21.0 Å². The molecule has 0 aliphatic heterocycles. The Bertz CT molecular complexity index is 874. The molecule has 1 aliphatic carbocycles. The Morgan fingerprint density at radius 3 is 2.35 bits per heavy atom. The molecule has 0 fully saturated rings. The van der Waals surface area contributed by atoms with E-state index in [0.29, 0.717) is 10.3 Å². The molecular weight excluding hydrogens is 402 g/mol. The molecule has 26 heavy (non-hydrogen) atoms. The van der Waals surface area contributed by atoms with Gasteiger partial charge in [-0.1, -0.05) is 46.3 Å². The molecule has 0 spiro atoms. The van der Waals surface area contributed by atoms with Gasteiger partial charge in [0, 0.05) is 16.1 Å². The summed E-state index contributed by atoms with van der Waals surface area (Å²) in [4.78, 5) is 21.6. The summed E-state index contributed by atoms with van der Waals surface area (Å²) >= 11 is 3.13. The average molecular weight is 420 g/mol. The number of carboxylic acids is 2. The van der Waals surface area contributed by atoms with Crippen molar-refractivity contribution in [1.82, 2.24) is 9.78 Å². The van der Waals surface area contributed by atoms with Crippen LogP contribution >= 0.6 is 15.9 Å². The smallest absolute Gasteiger partial charge is 0.331 e. The fourth-order valence-corrected chi connectivity index (χ4v) is 2.75. The third-order valence-electron chi connectivity index (χ3n) is 3.92. The van der Waals surface area contributed by atoms with Crippen molar-refractivity contribution in [3.63, 3.8) is 0 Å². The molecule has 1 atom stereocenters. The van der Waals surface area contributed by atoms with Crippen LogP contribution in [0.25, 0.3) is 5.69 Å². The van der Waals surface area contributed by atoms with Crippen LogP contribution in [-0.2, 0) is 9.59 Å². The van der Waals surface area contributed by atoms with Gasteiger partial charge in [-0.3, -0.25) is 4.79 Å². The lowest BCUT2D eigenvalue weighted by atomic mass is 9.80. The molecule has 1 heterocycles. The van der Waals surface area contributed by atoms with Gasteiger partial charge in [0.25, 0.3) is 0 Å². The number of hydrogen-bond acceptors (Lipinski definition) is 4. The van der Waals surface area contributed by atoms with Crippen molar-refractivity contribution >= 4 is 33.7 Å². The summed E-state index contributed by atoms with van der Waals surface area (Å²) in [7, 11) is 0. The summed E-state index contributed by atoms with van der Waals surface area (Å²) in [5, 5.41) is 21.8. The van der Waals surface area contributed by atoms with Gasteiger partial charge in [-0.25, -0.2) is 9.48 Å². The largest absolute Gasteiger partial charge is 0.481 e. The van der Waals surface area contributed by atoms with Crippen LogP contribution < -0.4 is 5.73 Å². The summed E-state index contributed by atoms with van der Waals surface area (Å²) in [5.41, 5.74) is 5.60. The van der Waals surface area contributed by atoms with Crippen molar-refractivity contribution in [2.24, 2.45) is 5.41 Å². The van der Waals surface area contributed by atoms with Crippen LogP contribution in [0.3, 0.4) is 0 Å². The Morgan fingerprint density at radius 1 is 1.19 bits per heavy atom. The summed E-state index contributed by atoms with van der Waals surface area (Å²) < 4.78 is 2.18. The fraction of sp³-hybridized carbons (Fsp3) is 0.167. The number of anilines is 1. The lowest BCUT2D eigenvalue weighted by Crippen LogP contribution is -2.31. The third kappa shape index (κ3) is 4.20. The highest BCUT2D eigenvalue weighted by Crippen LogP contribution is 2.41. The number of aliphatic carboxylic acids is 2. The second kappa shape index (κ2) is 8.01. The zero-order chi connectivity index (χ0) is 19.3. The molecule has 136 valence electrons. The fourth-order valence-electron chi connectivity index (χ4n) is 2.31. The monoisotopic (exact) mass is 419 g/mol. The molecule has 4 N–H and O–H groups in total. The number of rotatable bonds is 3. The number of halogens is 1. The number of nitrogens with two attached hydrogens (primary N) is 1. The topological polar surface area (TPSA) is 118 Å². The number of benzene rings is 1. The molecule has 0 bridgehead atoms. The van der Waals surface area contributed by atoms with Gasteiger partial charge in [0.2, 0.25) is 0 Å². The van der Waals surface area contributed by atoms with E-state index >= 15 is 0 Å². The molecule has 1 aliphatic rings. The molecule has 1 aromatic heterocycles. The Hall–Kier alpha value is -2.87. The Labute approximate surface area is 158 Å². The molecule has 3 rings (SSSR count). The maximum absolute atomic E-state index is 11.0. The van der Waals surface area contributed by atoms with E-state index in [1.54, 1.807) is 16.9 Å². The predicted octanol–water partition coefficient (Wildman–Crippen LogP) is 3.23. The van der Waals surface area contributed by atoms with Gasteiger partial charge in [-0.2, -0.15) is 5.10 Å². The molecule has 0 saturated carbocycles.